The maximum atomic E-state index is 13.8. The fourth-order valence-corrected chi connectivity index (χ4v) is 3.04. The highest BCUT2D eigenvalue weighted by atomic mass is 19.2. The number of benzene rings is 1. The van der Waals surface area contributed by atoms with Gasteiger partial charge in [0.2, 0.25) is 5.82 Å². The number of carboxylic acids is 1. The SMILES string of the molecule is COc1cc(N2CCc3cc(C(=O)O)ncc3C2C)cc(F)c1F. The number of methoxy groups -OCH3 is 1. The summed E-state index contributed by atoms with van der Waals surface area (Å²) in [7, 11) is 1.29. The number of ether oxygens (including phenoxy) is 1. The van der Waals surface area contributed by atoms with Crippen LogP contribution < -0.4 is 9.64 Å². The third-order valence-electron chi connectivity index (χ3n) is 4.31. The molecule has 0 spiro atoms. The van der Waals surface area contributed by atoms with E-state index in [1.54, 1.807) is 6.07 Å². The van der Waals surface area contributed by atoms with Crippen LogP contribution in [0.1, 0.15) is 34.6 Å². The largest absolute Gasteiger partial charge is 0.493 e. The van der Waals surface area contributed by atoms with Gasteiger partial charge in [0.05, 0.1) is 13.2 Å². The van der Waals surface area contributed by atoms with Crippen LogP contribution in [-0.4, -0.2) is 29.7 Å². The Kier molecular flexibility index (Phi) is 4.09. The molecular weight excluding hydrogens is 318 g/mol. The summed E-state index contributed by atoms with van der Waals surface area (Å²) in [4.78, 5) is 16.9. The summed E-state index contributed by atoms with van der Waals surface area (Å²) in [6.07, 6.45) is 2.12. The molecule has 1 atom stereocenters. The van der Waals surface area contributed by atoms with Crippen molar-refractivity contribution in [2.45, 2.75) is 19.4 Å². The molecule has 1 aliphatic heterocycles. The van der Waals surface area contributed by atoms with Crippen molar-refractivity contribution in [1.29, 1.82) is 0 Å². The van der Waals surface area contributed by atoms with Gasteiger partial charge in [-0.1, -0.05) is 0 Å². The van der Waals surface area contributed by atoms with Gasteiger partial charge in [0.15, 0.2) is 11.6 Å². The van der Waals surface area contributed by atoms with E-state index in [2.05, 4.69) is 4.98 Å². The van der Waals surface area contributed by atoms with E-state index in [1.807, 2.05) is 11.8 Å². The molecule has 5 nitrogen and oxygen atoms in total. The summed E-state index contributed by atoms with van der Waals surface area (Å²) in [5.41, 5.74) is 2.28. The van der Waals surface area contributed by atoms with E-state index in [4.69, 9.17) is 9.84 Å². The fourth-order valence-electron chi connectivity index (χ4n) is 3.04. The topological polar surface area (TPSA) is 62.7 Å². The molecule has 0 fully saturated rings. The normalized spacial score (nSPS) is 16.7. The number of anilines is 1. The van der Waals surface area contributed by atoms with E-state index in [0.29, 0.717) is 18.7 Å². The minimum absolute atomic E-state index is 0.00361. The van der Waals surface area contributed by atoms with Crippen LogP contribution in [0.15, 0.2) is 24.4 Å². The van der Waals surface area contributed by atoms with E-state index in [1.165, 1.54) is 19.4 Å². The number of carbonyl (C=O) groups is 1. The summed E-state index contributed by atoms with van der Waals surface area (Å²) < 4.78 is 32.3. The first-order valence-electron chi connectivity index (χ1n) is 7.44. The lowest BCUT2D eigenvalue weighted by molar-refractivity contribution is 0.0690. The van der Waals surface area contributed by atoms with Gasteiger partial charge >= 0.3 is 5.97 Å². The molecule has 1 N–H and O–H groups in total. The number of aromatic nitrogens is 1. The molecule has 0 saturated heterocycles. The van der Waals surface area contributed by atoms with E-state index >= 15 is 0 Å². The number of pyridine rings is 1. The van der Waals surface area contributed by atoms with E-state index in [0.717, 1.165) is 17.2 Å². The molecule has 1 aromatic carbocycles. The number of halogens is 2. The monoisotopic (exact) mass is 334 g/mol. The Morgan fingerprint density at radius 1 is 1.38 bits per heavy atom. The second-order valence-corrected chi connectivity index (χ2v) is 5.64. The Morgan fingerprint density at radius 2 is 2.12 bits per heavy atom. The molecule has 1 aromatic heterocycles. The van der Waals surface area contributed by atoms with Crippen molar-refractivity contribution < 1.29 is 23.4 Å². The molecule has 2 heterocycles. The lowest BCUT2D eigenvalue weighted by Crippen LogP contribution is -2.34. The second kappa shape index (κ2) is 6.07. The molecule has 1 aliphatic rings. The molecule has 24 heavy (non-hydrogen) atoms. The predicted molar refractivity (Wildman–Crippen MR) is 83.6 cm³/mol. The molecule has 0 amide bonds. The van der Waals surface area contributed by atoms with Crippen LogP contribution in [0.3, 0.4) is 0 Å². The van der Waals surface area contributed by atoms with Gasteiger partial charge in [0.25, 0.3) is 0 Å². The minimum atomic E-state index is -1.07. The molecule has 0 saturated carbocycles. The van der Waals surface area contributed by atoms with Crippen molar-refractivity contribution in [3.63, 3.8) is 0 Å². The van der Waals surface area contributed by atoms with Crippen LogP contribution in [0, 0.1) is 11.6 Å². The van der Waals surface area contributed by atoms with Crippen LogP contribution in [0.4, 0.5) is 14.5 Å². The highest BCUT2D eigenvalue weighted by Crippen LogP contribution is 2.36. The van der Waals surface area contributed by atoms with Crippen molar-refractivity contribution >= 4 is 11.7 Å². The standard InChI is InChI=1S/C17H16F2N2O3/c1-9-12-8-20-14(17(22)23)5-10(12)3-4-21(9)11-6-13(18)16(19)15(7-11)24-2/h5-9H,3-4H2,1-2H3,(H,22,23). The number of fused-ring (bicyclic) bond motifs is 1. The second-order valence-electron chi connectivity index (χ2n) is 5.64. The van der Waals surface area contributed by atoms with Gasteiger partial charge in [-0.25, -0.2) is 14.2 Å². The molecule has 3 rings (SSSR count). The van der Waals surface area contributed by atoms with E-state index < -0.39 is 17.6 Å². The number of aromatic carboxylic acids is 1. The maximum Gasteiger partial charge on any atom is 0.354 e. The van der Waals surface area contributed by atoms with Gasteiger partial charge < -0.3 is 14.7 Å². The Labute approximate surface area is 137 Å². The van der Waals surface area contributed by atoms with Gasteiger partial charge in [0.1, 0.15) is 5.69 Å². The van der Waals surface area contributed by atoms with Crippen LogP contribution in [-0.2, 0) is 6.42 Å². The van der Waals surface area contributed by atoms with E-state index in [-0.39, 0.29) is 17.5 Å². The summed E-state index contributed by atoms with van der Waals surface area (Å²) in [5, 5.41) is 9.03. The molecule has 1 unspecified atom stereocenters. The minimum Gasteiger partial charge on any atom is -0.493 e. The average Bonchev–Trinajstić information content (AvgIpc) is 2.57. The predicted octanol–water partition coefficient (Wildman–Crippen LogP) is 3.19. The lowest BCUT2D eigenvalue weighted by Gasteiger charge is -2.37. The molecule has 2 aromatic rings. The van der Waals surface area contributed by atoms with Crippen molar-refractivity contribution in [1.82, 2.24) is 4.98 Å². The summed E-state index contributed by atoms with van der Waals surface area (Å²) in [6.45, 7) is 2.46. The van der Waals surface area contributed by atoms with Gasteiger partial charge in [-0.2, -0.15) is 4.39 Å². The first-order chi connectivity index (χ1) is 11.4. The smallest absolute Gasteiger partial charge is 0.354 e. The van der Waals surface area contributed by atoms with E-state index in [9.17, 15) is 13.6 Å². The quantitative estimate of drug-likeness (QED) is 0.934. The molecule has 0 radical (unpaired) electrons. The molecule has 0 aliphatic carbocycles. The highest BCUT2D eigenvalue weighted by molar-refractivity contribution is 5.85. The van der Waals surface area contributed by atoms with Crippen molar-refractivity contribution in [2.24, 2.45) is 0 Å². The molecule has 7 heteroatoms. The Balaban J connectivity index is 1.98. The zero-order chi connectivity index (χ0) is 17.4. The third-order valence-corrected chi connectivity index (χ3v) is 4.31. The van der Waals surface area contributed by atoms with Gasteiger partial charge in [0, 0.05) is 30.6 Å². The van der Waals surface area contributed by atoms with Gasteiger partial charge in [-0.05, 0) is 30.5 Å². The Bertz CT molecular complexity index is 811. The number of hydrogen-bond donors (Lipinski definition) is 1. The number of nitrogens with zero attached hydrogens (tertiary/aromatic N) is 2. The molecule has 0 bridgehead atoms. The van der Waals surface area contributed by atoms with Crippen LogP contribution in [0.2, 0.25) is 0 Å². The van der Waals surface area contributed by atoms with Crippen molar-refractivity contribution in [3.05, 3.63) is 52.9 Å². The first kappa shape index (κ1) is 16.2. The summed E-state index contributed by atoms with van der Waals surface area (Å²) in [6, 6.07) is 4.01. The third kappa shape index (κ3) is 2.66. The number of hydrogen-bond acceptors (Lipinski definition) is 4. The summed E-state index contributed by atoms with van der Waals surface area (Å²) >= 11 is 0. The lowest BCUT2D eigenvalue weighted by atomic mass is 9.94. The zero-order valence-electron chi connectivity index (χ0n) is 13.2. The summed E-state index contributed by atoms with van der Waals surface area (Å²) in [5.74, 6) is -3.21. The van der Waals surface area contributed by atoms with Gasteiger partial charge in [-0.3, -0.25) is 0 Å². The zero-order valence-corrected chi connectivity index (χ0v) is 13.2. The number of rotatable bonds is 3. The van der Waals surface area contributed by atoms with Crippen molar-refractivity contribution in [2.75, 3.05) is 18.6 Å². The Hall–Kier alpha value is -2.70. The highest BCUT2D eigenvalue weighted by Gasteiger charge is 2.27. The Morgan fingerprint density at radius 3 is 2.79 bits per heavy atom. The molecule has 126 valence electrons. The van der Waals surface area contributed by atoms with Crippen molar-refractivity contribution in [3.8, 4) is 5.75 Å². The van der Waals surface area contributed by atoms with Gasteiger partial charge in [-0.15, -0.1) is 0 Å². The average molecular weight is 334 g/mol. The number of carboxylic acid groups (broad SMARTS) is 1. The van der Waals surface area contributed by atoms with Crippen LogP contribution in [0.25, 0.3) is 0 Å². The van der Waals surface area contributed by atoms with Crippen LogP contribution >= 0.6 is 0 Å². The first-order valence-corrected chi connectivity index (χ1v) is 7.44. The van der Waals surface area contributed by atoms with Crippen LogP contribution in [0.5, 0.6) is 5.75 Å². The molecular formula is C17H16F2N2O3. The maximum absolute atomic E-state index is 13.8. The fraction of sp³-hybridized carbons (Fsp3) is 0.294.